The maximum atomic E-state index is 13.1. The average molecular weight is 529 g/mol. The maximum absolute atomic E-state index is 13.1. The van der Waals surface area contributed by atoms with Crippen molar-refractivity contribution in [2.75, 3.05) is 16.9 Å². The Hall–Kier alpha value is -3.56. The number of nitrogens with zero attached hydrogens (tertiary/aromatic N) is 2. The molecule has 0 unspecified atom stereocenters. The second-order valence-corrected chi connectivity index (χ2v) is 9.09. The second kappa shape index (κ2) is 10.6. The van der Waals surface area contributed by atoms with Crippen molar-refractivity contribution in [1.82, 2.24) is 9.97 Å². The number of anilines is 3. The van der Waals surface area contributed by atoms with Gasteiger partial charge in [0, 0.05) is 33.6 Å². The van der Waals surface area contributed by atoms with Gasteiger partial charge in [-0.1, -0.05) is 29.8 Å². The zero-order valence-electron chi connectivity index (χ0n) is 19.2. The Balaban J connectivity index is 1.56. The van der Waals surface area contributed by atoms with E-state index in [2.05, 4.69) is 20.6 Å². The Morgan fingerprint density at radius 2 is 1.83 bits per heavy atom. The third-order valence-corrected chi connectivity index (χ3v) is 6.35. The van der Waals surface area contributed by atoms with Gasteiger partial charge in [-0.05, 0) is 67.3 Å². The maximum Gasteiger partial charge on any atom is 0.417 e. The topological polar surface area (TPSA) is 66.9 Å². The van der Waals surface area contributed by atoms with Crippen LogP contribution in [0.15, 0.2) is 77.8 Å². The summed E-state index contributed by atoms with van der Waals surface area (Å²) in [5, 5.41) is 5.18. The largest absolute Gasteiger partial charge is 0.417 e. The average Bonchev–Trinajstić information content (AvgIpc) is 2.86. The van der Waals surface area contributed by atoms with E-state index in [1.54, 1.807) is 36.2 Å². The monoisotopic (exact) mass is 528 g/mol. The number of aryl methyl sites for hydroxylation is 1. The highest BCUT2D eigenvalue weighted by Gasteiger charge is 2.33. The van der Waals surface area contributed by atoms with Gasteiger partial charge in [0.1, 0.15) is 0 Å². The van der Waals surface area contributed by atoms with Crippen molar-refractivity contribution >= 4 is 46.6 Å². The van der Waals surface area contributed by atoms with E-state index in [1.807, 2.05) is 43.5 Å². The molecule has 0 radical (unpaired) electrons. The predicted octanol–water partition coefficient (Wildman–Crippen LogP) is 7.84. The van der Waals surface area contributed by atoms with Crippen LogP contribution in [0, 0.1) is 6.92 Å². The van der Waals surface area contributed by atoms with E-state index in [9.17, 15) is 18.0 Å². The highest BCUT2D eigenvalue weighted by atomic mass is 35.5. The standard InChI is InChI=1S/C26H20ClF3N4OS/c1-15-6-7-17(24(35)32-18-8-9-21(27)20(14-18)26(28,29)30)13-23(15)34-25-31-11-10-22(33-25)16-4-3-5-19(12-16)36-2/h3-14H,1-2H3,(H,32,35)(H,31,33,34). The number of carbonyl (C=O) groups excluding carboxylic acids is 1. The normalized spacial score (nSPS) is 11.3. The third-order valence-electron chi connectivity index (χ3n) is 5.30. The molecule has 0 aliphatic heterocycles. The Kier molecular flexibility index (Phi) is 7.51. The number of nitrogens with one attached hydrogen (secondary N) is 2. The highest BCUT2D eigenvalue weighted by molar-refractivity contribution is 7.98. The summed E-state index contributed by atoms with van der Waals surface area (Å²) in [6.07, 6.45) is -0.995. The Morgan fingerprint density at radius 3 is 2.58 bits per heavy atom. The van der Waals surface area contributed by atoms with Gasteiger partial charge in [-0.15, -0.1) is 11.8 Å². The number of alkyl halides is 3. The van der Waals surface area contributed by atoms with E-state index in [-0.39, 0.29) is 11.3 Å². The van der Waals surface area contributed by atoms with Gasteiger partial charge in [0.15, 0.2) is 0 Å². The molecule has 4 rings (SSSR count). The van der Waals surface area contributed by atoms with Gasteiger partial charge in [-0.25, -0.2) is 9.97 Å². The number of amides is 1. The minimum Gasteiger partial charge on any atom is -0.324 e. The van der Waals surface area contributed by atoms with E-state index in [0.29, 0.717) is 11.6 Å². The van der Waals surface area contributed by atoms with E-state index in [4.69, 9.17) is 11.6 Å². The number of halogens is 4. The quantitative estimate of drug-likeness (QED) is 0.249. The molecule has 0 aliphatic rings. The van der Waals surface area contributed by atoms with Crippen LogP contribution in [0.5, 0.6) is 0 Å². The fraction of sp³-hybridized carbons (Fsp3) is 0.115. The fourth-order valence-electron chi connectivity index (χ4n) is 3.40. The summed E-state index contributed by atoms with van der Waals surface area (Å²) in [5.74, 6) is -0.229. The Morgan fingerprint density at radius 1 is 1.03 bits per heavy atom. The SMILES string of the molecule is CSc1cccc(-c2ccnc(Nc3cc(C(=O)Nc4ccc(Cl)c(C(F)(F)F)c4)ccc3C)n2)c1. The minimum absolute atomic E-state index is 0.0182. The van der Waals surface area contributed by atoms with Crippen molar-refractivity contribution in [2.45, 2.75) is 18.0 Å². The van der Waals surface area contributed by atoms with Gasteiger partial charge in [-0.3, -0.25) is 4.79 Å². The Labute approximate surface area is 215 Å². The molecule has 5 nitrogen and oxygen atoms in total. The molecule has 0 saturated carbocycles. The van der Waals surface area contributed by atoms with Crippen molar-refractivity contribution < 1.29 is 18.0 Å². The molecule has 10 heteroatoms. The van der Waals surface area contributed by atoms with Crippen molar-refractivity contribution in [3.05, 3.63) is 94.6 Å². The minimum atomic E-state index is -4.63. The van der Waals surface area contributed by atoms with Crippen LogP contribution in [0.4, 0.5) is 30.5 Å². The molecule has 4 aromatic rings. The Bertz CT molecular complexity index is 1430. The molecule has 0 bridgehead atoms. The molecule has 1 heterocycles. The highest BCUT2D eigenvalue weighted by Crippen LogP contribution is 2.36. The van der Waals surface area contributed by atoms with E-state index in [1.165, 1.54) is 6.07 Å². The van der Waals surface area contributed by atoms with E-state index < -0.39 is 22.7 Å². The van der Waals surface area contributed by atoms with Crippen LogP contribution in [0.2, 0.25) is 5.02 Å². The lowest BCUT2D eigenvalue weighted by atomic mass is 10.1. The molecule has 0 spiro atoms. The van der Waals surface area contributed by atoms with Crippen LogP contribution in [0.1, 0.15) is 21.5 Å². The lowest BCUT2D eigenvalue weighted by Crippen LogP contribution is -2.14. The summed E-state index contributed by atoms with van der Waals surface area (Å²) in [6, 6.07) is 17.9. The van der Waals surface area contributed by atoms with Gasteiger partial charge in [0.05, 0.1) is 16.3 Å². The van der Waals surface area contributed by atoms with Gasteiger partial charge in [0.25, 0.3) is 5.91 Å². The molecule has 0 saturated heterocycles. The molecular weight excluding hydrogens is 509 g/mol. The van der Waals surface area contributed by atoms with Crippen LogP contribution in [-0.2, 0) is 6.18 Å². The van der Waals surface area contributed by atoms with Gasteiger partial charge < -0.3 is 10.6 Å². The molecule has 36 heavy (non-hydrogen) atoms. The van der Waals surface area contributed by atoms with Crippen molar-refractivity contribution in [1.29, 1.82) is 0 Å². The first-order valence-electron chi connectivity index (χ1n) is 10.7. The number of rotatable bonds is 6. The van der Waals surface area contributed by atoms with Crippen LogP contribution in [-0.4, -0.2) is 22.1 Å². The number of benzene rings is 3. The molecule has 1 amide bonds. The van der Waals surface area contributed by atoms with Crippen molar-refractivity contribution in [3.63, 3.8) is 0 Å². The molecule has 0 aliphatic carbocycles. The zero-order valence-corrected chi connectivity index (χ0v) is 20.7. The summed E-state index contributed by atoms with van der Waals surface area (Å²) in [6.45, 7) is 1.85. The summed E-state index contributed by atoms with van der Waals surface area (Å²) in [4.78, 5) is 22.8. The lowest BCUT2D eigenvalue weighted by Gasteiger charge is -2.13. The number of carbonyl (C=O) groups is 1. The first-order valence-corrected chi connectivity index (χ1v) is 12.3. The van der Waals surface area contributed by atoms with E-state index >= 15 is 0 Å². The third kappa shape index (κ3) is 5.98. The van der Waals surface area contributed by atoms with Gasteiger partial charge in [-0.2, -0.15) is 13.2 Å². The molecule has 184 valence electrons. The first kappa shape index (κ1) is 25.5. The number of thioether (sulfide) groups is 1. The molecule has 0 atom stereocenters. The van der Waals surface area contributed by atoms with Crippen LogP contribution >= 0.6 is 23.4 Å². The second-order valence-electron chi connectivity index (χ2n) is 7.80. The lowest BCUT2D eigenvalue weighted by molar-refractivity contribution is -0.137. The van der Waals surface area contributed by atoms with Crippen LogP contribution in [0.3, 0.4) is 0 Å². The molecule has 2 N–H and O–H groups in total. The van der Waals surface area contributed by atoms with Gasteiger partial charge >= 0.3 is 6.18 Å². The van der Waals surface area contributed by atoms with Crippen molar-refractivity contribution in [2.24, 2.45) is 0 Å². The summed E-state index contributed by atoms with van der Waals surface area (Å²) >= 11 is 7.30. The van der Waals surface area contributed by atoms with Gasteiger partial charge in [0.2, 0.25) is 5.95 Å². The summed E-state index contributed by atoms with van der Waals surface area (Å²) < 4.78 is 39.4. The predicted molar refractivity (Wildman–Crippen MR) is 138 cm³/mol. The number of hydrogen-bond acceptors (Lipinski definition) is 5. The molecule has 1 aromatic heterocycles. The number of aromatic nitrogens is 2. The smallest absolute Gasteiger partial charge is 0.324 e. The van der Waals surface area contributed by atoms with Crippen molar-refractivity contribution in [3.8, 4) is 11.3 Å². The first-order chi connectivity index (χ1) is 17.1. The van der Waals surface area contributed by atoms with E-state index in [0.717, 1.165) is 33.8 Å². The molecular formula is C26H20ClF3N4OS. The summed E-state index contributed by atoms with van der Waals surface area (Å²) in [5.41, 5.74) is 2.30. The number of hydrogen-bond donors (Lipinski definition) is 2. The van der Waals surface area contributed by atoms with Crippen LogP contribution < -0.4 is 10.6 Å². The summed E-state index contributed by atoms with van der Waals surface area (Å²) in [7, 11) is 0. The zero-order chi connectivity index (χ0) is 25.9. The molecule has 3 aromatic carbocycles. The molecule has 0 fully saturated rings. The van der Waals surface area contributed by atoms with Crippen LogP contribution in [0.25, 0.3) is 11.3 Å². The fourth-order valence-corrected chi connectivity index (χ4v) is 4.09.